The van der Waals surface area contributed by atoms with Crippen LogP contribution in [0.2, 0.25) is 0 Å². The molecular formula is C20H25FN2O3S. The molecule has 1 unspecified atom stereocenters. The lowest BCUT2D eigenvalue weighted by molar-refractivity contribution is -0.131. The second-order valence-corrected chi connectivity index (χ2v) is 8.52. The Kier molecular flexibility index (Phi) is 7.10. The summed E-state index contributed by atoms with van der Waals surface area (Å²) in [6.07, 6.45) is 0.651. The van der Waals surface area contributed by atoms with Crippen LogP contribution in [0.25, 0.3) is 0 Å². The molecule has 0 aromatic heterocycles. The normalized spacial score (nSPS) is 12.8. The van der Waals surface area contributed by atoms with E-state index < -0.39 is 15.8 Å². The zero-order chi connectivity index (χ0) is 20.0. The highest BCUT2D eigenvalue weighted by Gasteiger charge is 2.22. The maximum atomic E-state index is 13.0. The average molecular weight is 392 g/mol. The number of benzene rings is 2. The van der Waals surface area contributed by atoms with Gasteiger partial charge in [0.1, 0.15) is 5.82 Å². The highest BCUT2D eigenvalue weighted by Crippen LogP contribution is 2.20. The van der Waals surface area contributed by atoms with E-state index in [0.29, 0.717) is 6.42 Å². The molecule has 0 spiro atoms. The summed E-state index contributed by atoms with van der Waals surface area (Å²) < 4.78 is 39.1. The van der Waals surface area contributed by atoms with Gasteiger partial charge in [0.15, 0.2) is 0 Å². The molecule has 0 bridgehead atoms. The third-order valence-corrected chi connectivity index (χ3v) is 6.51. The van der Waals surface area contributed by atoms with Crippen molar-refractivity contribution in [3.8, 4) is 0 Å². The topological polar surface area (TPSA) is 57.7 Å². The van der Waals surface area contributed by atoms with Crippen molar-refractivity contribution < 1.29 is 17.6 Å². The Bertz CT molecular complexity index is 855. The monoisotopic (exact) mass is 392 g/mol. The van der Waals surface area contributed by atoms with Crippen molar-refractivity contribution in [2.24, 2.45) is 0 Å². The number of carbonyl (C=O) groups excluding carboxylic acids is 1. The Morgan fingerprint density at radius 1 is 1.04 bits per heavy atom. The molecule has 5 nitrogen and oxygen atoms in total. The van der Waals surface area contributed by atoms with Gasteiger partial charge in [0.25, 0.3) is 0 Å². The van der Waals surface area contributed by atoms with E-state index in [0.717, 1.165) is 17.7 Å². The first kappa shape index (κ1) is 21.1. The van der Waals surface area contributed by atoms with Crippen LogP contribution in [-0.2, 0) is 14.8 Å². The van der Waals surface area contributed by atoms with Crippen LogP contribution in [-0.4, -0.2) is 44.2 Å². The summed E-state index contributed by atoms with van der Waals surface area (Å²) in [5, 5.41) is 0. The number of halogens is 1. The van der Waals surface area contributed by atoms with Gasteiger partial charge in [-0.25, -0.2) is 17.1 Å². The van der Waals surface area contributed by atoms with Crippen molar-refractivity contribution >= 4 is 15.9 Å². The van der Waals surface area contributed by atoms with Crippen molar-refractivity contribution in [3.63, 3.8) is 0 Å². The molecule has 7 heteroatoms. The Hall–Kier alpha value is -2.25. The molecule has 0 radical (unpaired) electrons. The van der Waals surface area contributed by atoms with E-state index in [4.69, 9.17) is 0 Å². The summed E-state index contributed by atoms with van der Waals surface area (Å²) in [6.45, 7) is 2.16. The molecule has 27 heavy (non-hydrogen) atoms. The van der Waals surface area contributed by atoms with Gasteiger partial charge in [-0.15, -0.1) is 0 Å². The van der Waals surface area contributed by atoms with Gasteiger partial charge in [-0.05, 0) is 43.2 Å². The van der Waals surface area contributed by atoms with Gasteiger partial charge in [0.05, 0.1) is 10.9 Å². The fourth-order valence-corrected chi connectivity index (χ4v) is 3.92. The molecule has 0 heterocycles. The first-order chi connectivity index (χ1) is 12.7. The average Bonchev–Trinajstić information content (AvgIpc) is 2.67. The van der Waals surface area contributed by atoms with E-state index in [1.165, 1.54) is 23.5 Å². The smallest absolute Gasteiger partial charge is 0.242 e. The zero-order valence-electron chi connectivity index (χ0n) is 15.8. The van der Waals surface area contributed by atoms with Crippen LogP contribution in [0.5, 0.6) is 0 Å². The Balaban J connectivity index is 1.89. The van der Waals surface area contributed by atoms with Gasteiger partial charge in [-0.1, -0.05) is 30.3 Å². The Morgan fingerprint density at radius 3 is 2.22 bits per heavy atom. The van der Waals surface area contributed by atoms with E-state index in [9.17, 15) is 17.6 Å². The van der Waals surface area contributed by atoms with Crippen LogP contribution in [0.15, 0.2) is 59.5 Å². The molecule has 0 saturated carbocycles. The zero-order valence-corrected chi connectivity index (χ0v) is 16.6. The number of nitrogens with zero attached hydrogens (tertiary/aromatic N) is 2. The van der Waals surface area contributed by atoms with E-state index in [1.807, 2.05) is 37.3 Å². The Labute approximate surface area is 160 Å². The number of amides is 1. The lowest BCUT2D eigenvalue weighted by Gasteiger charge is -2.26. The molecule has 2 aromatic rings. The van der Waals surface area contributed by atoms with Crippen LogP contribution < -0.4 is 0 Å². The fraction of sp³-hybridized carbons (Fsp3) is 0.350. The van der Waals surface area contributed by atoms with Gasteiger partial charge < -0.3 is 4.90 Å². The number of rotatable bonds is 8. The molecule has 1 atom stereocenters. The van der Waals surface area contributed by atoms with Crippen molar-refractivity contribution in [3.05, 3.63) is 66.0 Å². The summed E-state index contributed by atoms with van der Waals surface area (Å²) in [5.74, 6) is -0.531. The van der Waals surface area contributed by atoms with Gasteiger partial charge in [0.2, 0.25) is 15.9 Å². The number of hydrogen-bond donors (Lipinski definition) is 0. The van der Waals surface area contributed by atoms with Gasteiger partial charge in [-0.3, -0.25) is 4.79 Å². The first-order valence-electron chi connectivity index (χ1n) is 8.76. The van der Waals surface area contributed by atoms with Crippen LogP contribution in [0.1, 0.15) is 31.4 Å². The maximum Gasteiger partial charge on any atom is 0.242 e. The van der Waals surface area contributed by atoms with Crippen molar-refractivity contribution in [2.45, 2.75) is 30.7 Å². The molecule has 0 saturated heterocycles. The summed E-state index contributed by atoms with van der Waals surface area (Å²) in [7, 11) is -0.485. The highest BCUT2D eigenvalue weighted by molar-refractivity contribution is 7.89. The van der Waals surface area contributed by atoms with Gasteiger partial charge in [-0.2, -0.15) is 0 Å². The molecule has 0 aliphatic heterocycles. The fourth-order valence-electron chi connectivity index (χ4n) is 2.71. The lowest BCUT2D eigenvalue weighted by atomic mass is 10.1. The summed E-state index contributed by atoms with van der Waals surface area (Å²) in [6, 6.07) is 14.4. The van der Waals surface area contributed by atoms with Crippen LogP contribution in [0.4, 0.5) is 4.39 Å². The predicted octanol–water partition coefficient (Wildman–Crippen LogP) is 3.45. The van der Waals surface area contributed by atoms with Crippen molar-refractivity contribution in [1.29, 1.82) is 0 Å². The minimum atomic E-state index is -3.69. The third-order valence-electron chi connectivity index (χ3n) is 4.64. The quantitative estimate of drug-likeness (QED) is 0.691. The highest BCUT2D eigenvalue weighted by atomic mass is 32.2. The molecular weight excluding hydrogens is 367 g/mol. The molecule has 0 N–H and O–H groups in total. The molecule has 2 aromatic carbocycles. The second-order valence-electron chi connectivity index (χ2n) is 6.48. The minimum absolute atomic E-state index is 0.0348. The molecule has 146 valence electrons. The molecule has 0 aliphatic carbocycles. The number of sulfonamides is 1. The Morgan fingerprint density at radius 2 is 1.63 bits per heavy atom. The minimum Gasteiger partial charge on any atom is -0.339 e. The van der Waals surface area contributed by atoms with Crippen LogP contribution >= 0.6 is 0 Å². The molecule has 1 amide bonds. The number of hydrogen-bond acceptors (Lipinski definition) is 3. The van der Waals surface area contributed by atoms with E-state index in [2.05, 4.69) is 0 Å². The number of carbonyl (C=O) groups is 1. The summed E-state index contributed by atoms with van der Waals surface area (Å²) in [5.41, 5.74) is 1.05. The second kappa shape index (κ2) is 9.10. The first-order valence-corrected chi connectivity index (χ1v) is 10.2. The summed E-state index contributed by atoms with van der Waals surface area (Å²) in [4.78, 5) is 14.1. The molecule has 0 aliphatic rings. The largest absolute Gasteiger partial charge is 0.339 e. The molecule has 0 fully saturated rings. The third kappa shape index (κ3) is 5.37. The van der Waals surface area contributed by atoms with Crippen LogP contribution in [0, 0.1) is 5.82 Å². The van der Waals surface area contributed by atoms with E-state index in [1.54, 1.807) is 11.9 Å². The maximum absolute atomic E-state index is 13.0. The lowest BCUT2D eigenvalue weighted by Crippen LogP contribution is -2.32. The standard InChI is InChI=1S/C20H25FN2O3S/c1-16(17-8-5-4-6-9-17)23(3)20(24)10-7-15-22(2)27(25,26)19-13-11-18(21)12-14-19/h4-6,8-9,11-14,16H,7,10,15H2,1-3H3. The molecule has 2 rings (SSSR count). The SMILES string of the molecule is CC(c1ccccc1)N(C)C(=O)CCCN(C)S(=O)(=O)c1ccc(F)cc1. The van der Waals surface area contributed by atoms with E-state index in [-0.39, 0.29) is 29.8 Å². The predicted molar refractivity (Wildman–Crippen MR) is 103 cm³/mol. The van der Waals surface area contributed by atoms with Crippen LogP contribution in [0.3, 0.4) is 0 Å². The van der Waals surface area contributed by atoms with Crippen molar-refractivity contribution in [2.75, 3.05) is 20.6 Å². The summed E-state index contributed by atoms with van der Waals surface area (Å²) >= 11 is 0. The van der Waals surface area contributed by atoms with Crippen molar-refractivity contribution in [1.82, 2.24) is 9.21 Å². The van der Waals surface area contributed by atoms with Gasteiger partial charge >= 0.3 is 0 Å². The van der Waals surface area contributed by atoms with E-state index >= 15 is 0 Å². The van der Waals surface area contributed by atoms with Gasteiger partial charge in [0, 0.05) is 27.1 Å².